The highest BCUT2D eigenvalue weighted by atomic mass is 79.9. The highest BCUT2D eigenvalue weighted by Gasteiger charge is 2.38. The summed E-state index contributed by atoms with van der Waals surface area (Å²) in [4.78, 5) is 2.17. The van der Waals surface area contributed by atoms with Crippen molar-refractivity contribution in [2.45, 2.75) is 12.4 Å². The van der Waals surface area contributed by atoms with Gasteiger partial charge in [-0.05, 0) is 33.6 Å². The summed E-state index contributed by atoms with van der Waals surface area (Å²) in [5.41, 5.74) is 4.23. The molecule has 0 radical (unpaired) electrons. The lowest BCUT2D eigenvalue weighted by molar-refractivity contribution is -0.143. The average Bonchev–Trinajstić information content (AvgIpc) is 2.17. The second kappa shape index (κ2) is 4.69. The number of azide groups is 1. The Bertz CT molecular complexity index is 515. The van der Waals surface area contributed by atoms with E-state index in [1.165, 1.54) is 0 Å². The van der Waals surface area contributed by atoms with Crippen molar-refractivity contribution in [3.05, 3.63) is 38.2 Å². The highest BCUT2D eigenvalue weighted by molar-refractivity contribution is 9.10. The monoisotopic (exact) mass is 333 g/mol. The third-order valence-corrected chi connectivity index (χ3v) is 2.67. The predicted molar refractivity (Wildman–Crippen MR) is 53.0 cm³/mol. The van der Waals surface area contributed by atoms with Crippen molar-refractivity contribution in [1.82, 2.24) is 0 Å². The van der Waals surface area contributed by atoms with Gasteiger partial charge < -0.3 is 0 Å². The number of benzene rings is 1. The molecule has 0 saturated heterocycles. The van der Waals surface area contributed by atoms with E-state index in [1.807, 2.05) is 0 Å². The van der Waals surface area contributed by atoms with Crippen LogP contribution in [0.4, 0.5) is 32.0 Å². The van der Waals surface area contributed by atoms with Crippen molar-refractivity contribution < 1.29 is 26.3 Å². The third-order valence-electron chi connectivity index (χ3n) is 1.84. The fourth-order valence-corrected chi connectivity index (χ4v) is 1.63. The molecule has 1 aromatic carbocycles. The summed E-state index contributed by atoms with van der Waals surface area (Å²) in [5, 5.41) is 2.79. The number of alkyl halides is 6. The van der Waals surface area contributed by atoms with Gasteiger partial charge in [-0.15, -0.1) is 0 Å². The van der Waals surface area contributed by atoms with Crippen LogP contribution in [0.3, 0.4) is 0 Å². The molecule has 0 saturated carbocycles. The largest absolute Gasteiger partial charge is 0.417 e. The van der Waals surface area contributed by atoms with Crippen LogP contribution in [0.2, 0.25) is 0 Å². The van der Waals surface area contributed by atoms with E-state index in [-0.39, 0.29) is 6.07 Å². The first kappa shape index (κ1) is 14.7. The standard InChI is InChI=1S/C8H2BrF6N3/c9-6-4(8(13,14)15)1-3(7(10,11)12)2-5(6)17-18-16/h1-2H. The minimum Gasteiger partial charge on any atom is -0.166 e. The molecule has 0 amide bonds. The van der Waals surface area contributed by atoms with E-state index < -0.39 is 33.6 Å². The van der Waals surface area contributed by atoms with Gasteiger partial charge in [-0.2, -0.15) is 26.3 Å². The van der Waals surface area contributed by atoms with Crippen molar-refractivity contribution in [2.75, 3.05) is 0 Å². The zero-order valence-electron chi connectivity index (χ0n) is 8.14. The molecule has 0 bridgehead atoms. The fourth-order valence-electron chi connectivity index (χ4n) is 1.10. The summed E-state index contributed by atoms with van der Waals surface area (Å²) >= 11 is 2.47. The topological polar surface area (TPSA) is 48.8 Å². The number of hydrogen-bond acceptors (Lipinski definition) is 1. The number of hydrogen-bond donors (Lipinski definition) is 0. The van der Waals surface area contributed by atoms with E-state index in [4.69, 9.17) is 5.53 Å². The molecule has 3 nitrogen and oxygen atoms in total. The van der Waals surface area contributed by atoms with Gasteiger partial charge in [-0.25, -0.2) is 0 Å². The van der Waals surface area contributed by atoms with E-state index in [2.05, 4.69) is 26.0 Å². The van der Waals surface area contributed by atoms with Gasteiger partial charge in [0.05, 0.1) is 16.8 Å². The van der Waals surface area contributed by atoms with Crippen molar-refractivity contribution in [2.24, 2.45) is 5.11 Å². The summed E-state index contributed by atoms with van der Waals surface area (Å²) in [6.45, 7) is 0. The quantitative estimate of drug-likeness (QED) is 0.285. The lowest BCUT2D eigenvalue weighted by Crippen LogP contribution is -2.11. The maximum Gasteiger partial charge on any atom is 0.417 e. The molecule has 0 aliphatic carbocycles. The molecule has 0 heterocycles. The Hall–Kier alpha value is -1.41. The van der Waals surface area contributed by atoms with Crippen LogP contribution in [-0.2, 0) is 12.4 Å². The molecule has 98 valence electrons. The van der Waals surface area contributed by atoms with Crippen molar-refractivity contribution in [3.63, 3.8) is 0 Å². The first-order chi connectivity index (χ1) is 8.07. The average molecular weight is 334 g/mol. The molecule has 10 heteroatoms. The Labute approximate surface area is 104 Å². The van der Waals surface area contributed by atoms with E-state index in [9.17, 15) is 26.3 Å². The molecule has 0 fully saturated rings. The molecule has 1 rings (SSSR count). The minimum atomic E-state index is -5.00. The number of rotatable bonds is 1. The summed E-state index contributed by atoms with van der Waals surface area (Å²) in [7, 11) is 0. The summed E-state index contributed by atoms with van der Waals surface area (Å²) < 4.78 is 74.0. The molecule has 0 N–H and O–H groups in total. The fraction of sp³-hybridized carbons (Fsp3) is 0.250. The van der Waals surface area contributed by atoms with Crippen LogP contribution >= 0.6 is 15.9 Å². The Morgan fingerprint density at radius 3 is 2.00 bits per heavy atom. The van der Waals surface area contributed by atoms with Crippen LogP contribution in [0.5, 0.6) is 0 Å². The van der Waals surface area contributed by atoms with E-state index >= 15 is 0 Å². The first-order valence-corrected chi connectivity index (χ1v) is 4.89. The van der Waals surface area contributed by atoms with Gasteiger partial charge in [0.15, 0.2) is 0 Å². The predicted octanol–water partition coefficient (Wildman–Crippen LogP) is 5.43. The van der Waals surface area contributed by atoms with Crippen LogP contribution in [0, 0.1) is 0 Å². The molecule has 1 aromatic rings. The van der Waals surface area contributed by atoms with Gasteiger partial charge in [0.25, 0.3) is 0 Å². The number of nitrogens with zero attached hydrogens (tertiary/aromatic N) is 3. The van der Waals surface area contributed by atoms with Gasteiger partial charge >= 0.3 is 12.4 Å². The summed E-state index contributed by atoms with van der Waals surface area (Å²) in [6, 6.07) is 0.277. The van der Waals surface area contributed by atoms with Gasteiger partial charge in [0.2, 0.25) is 0 Å². The van der Waals surface area contributed by atoms with Gasteiger partial charge in [-0.3, -0.25) is 0 Å². The minimum absolute atomic E-state index is 0.0551. The molecular weight excluding hydrogens is 332 g/mol. The van der Waals surface area contributed by atoms with E-state index in [0.717, 1.165) is 0 Å². The Kier molecular flexibility index (Phi) is 3.82. The van der Waals surface area contributed by atoms with E-state index in [1.54, 1.807) is 0 Å². The van der Waals surface area contributed by atoms with Crippen LogP contribution in [0.15, 0.2) is 21.7 Å². The summed E-state index contributed by atoms with van der Waals surface area (Å²) in [5.74, 6) is 0. The van der Waals surface area contributed by atoms with Gasteiger partial charge in [-0.1, -0.05) is 5.11 Å². The molecule has 0 aromatic heterocycles. The SMILES string of the molecule is [N-]=[N+]=Nc1cc(C(F)(F)F)cc(C(F)(F)F)c1Br. The van der Waals surface area contributed by atoms with Crippen LogP contribution in [0.25, 0.3) is 10.4 Å². The van der Waals surface area contributed by atoms with Crippen molar-refractivity contribution in [1.29, 1.82) is 0 Å². The Morgan fingerprint density at radius 1 is 1.06 bits per heavy atom. The zero-order chi connectivity index (χ0) is 14.1. The van der Waals surface area contributed by atoms with Crippen LogP contribution < -0.4 is 0 Å². The zero-order valence-corrected chi connectivity index (χ0v) is 9.73. The van der Waals surface area contributed by atoms with Crippen LogP contribution in [0.1, 0.15) is 11.1 Å². The normalized spacial score (nSPS) is 12.2. The van der Waals surface area contributed by atoms with Crippen LogP contribution in [-0.4, -0.2) is 0 Å². The van der Waals surface area contributed by atoms with Crippen molar-refractivity contribution >= 4 is 21.6 Å². The molecule has 0 spiro atoms. The second-order valence-corrected chi connectivity index (χ2v) is 3.83. The number of halogens is 7. The maximum atomic E-state index is 12.5. The molecular formula is C8H2BrF6N3. The Balaban J connectivity index is 3.62. The second-order valence-electron chi connectivity index (χ2n) is 3.04. The molecule has 0 atom stereocenters. The Morgan fingerprint density at radius 2 is 1.61 bits per heavy atom. The lowest BCUT2D eigenvalue weighted by Gasteiger charge is -2.14. The highest BCUT2D eigenvalue weighted by Crippen LogP contribution is 2.43. The molecule has 0 unspecified atom stereocenters. The maximum absolute atomic E-state index is 12.5. The van der Waals surface area contributed by atoms with Crippen molar-refractivity contribution in [3.8, 4) is 0 Å². The van der Waals surface area contributed by atoms with Gasteiger partial charge in [0, 0.05) is 9.38 Å². The smallest absolute Gasteiger partial charge is 0.166 e. The third kappa shape index (κ3) is 3.08. The summed E-state index contributed by atoms with van der Waals surface area (Å²) in [6.07, 6.45) is -9.97. The molecule has 0 aliphatic heterocycles. The molecule has 18 heavy (non-hydrogen) atoms. The lowest BCUT2D eigenvalue weighted by atomic mass is 10.1. The van der Waals surface area contributed by atoms with Gasteiger partial charge in [0.1, 0.15) is 0 Å². The molecule has 0 aliphatic rings. The van der Waals surface area contributed by atoms with E-state index in [0.29, 0.717) is 6.07 Å². The first-order valence-electron chi connectivity index (χ1n) is 4.10.